The second kappa shape index (κ2) is 19.6. The molecule has 7 heteroatoms. The summed E-state index contributed by atoms with van der Waals surface area (Å²) in [5.41, 5.74) is 31.6. The van der Waals surface area contributed by atoms with Gasteiger partial charge in [0.25, 0.3) is 0 Å². The van der Waals surface area contributed by atoms with E-state index in [0.717, 1.165) is 118 Å². The van der Waals surface area contributed by atoms with Crippen molar-refractivity contribution in [1.82, 2.24) is 34.9 Å². The maximum atomic E-state index is 5.66. The number of benzene rings is 4. The highest BCUT2D eigenvalue weighted by molar-refractivity contribution is 6.01. The Morgan fingerprint density at radius 3 is 1.03 bits per heavy atom. The fourth-order valence-electron chi connectivity index (χ4n) is 11.8. The molecule has 372 valence electrons. The summed E-state index contributed by atoms with van der Waals surface area (Å²) in [5.74, 6) is 6.91. The van der Waals surface area contributed by atoms with Gasteiger partial charge in [0, 0.05) is 67.8 Å². The maximum Gasteiger partial charge on any atom is 0.0906 e. The van der Waals surface area contributed by atoms with E-state index in [1.54, 1.807) is 12.4 Å². The minimum Gasteiger partial charge on any atom is -0.354 e. The van der Waals surface area contributed by atoms with Crippen LogP contribution in [0.1, 0.15) is 84.0 Å². The minimum absolute atomic E-state index is 0.736. The number of rotatable bonds is 6. The number of nitrogens with one attached hydrogen (secondary N) is 2. The average Bonchev–Trinajstić information content (AvgIpc) is 4.37. The summed E-state index contributed by atoms with van der Waals surface area (Å²) in [5, 5.41) is 0. The Morgan fingerprint density at radius 1 is 0.312 bits per heavy atom. The summed E-state index contributed by atoms with van der Waals surface area (Å²) in [4.78, 5) is 33.4. The number of hydrogen-bond acceptors (Lipinski definition) is 5. The standard InChI is InChI=1S/C70H57N7/c1-40-32-43(4)64(44(5)33-40)68-56-24-22-54(73-56)67(51-20-18-49(19-21-51)16-17-50-38-62(52-14-10-12-30-71-52)77-63(39-50)53-15-11-13-31-72-53)55-23-25-57(74-55)69(65-45(6)34-41(2)35-46(65)7)59-27-29-61(76-59)70(60-28-26-58(68)75-60)66-47(8)36-42(3)37-48(66)9/h10-15,18-39,73,76H,1-9H3. The molecule has 8 bridgehead atoms. The molecule has 2 aliphatic heterocycles. The number of H-pyrrole nitrogens is 2. The summed E-state index contributed by atoms with van der Waals surface area (Å²) < 4.78 is 0. The molecule has 0 atom stereocenters. The van der Waals surface area contributed by atoms with Crippen molar-refractivity contribution in [2.45, 2.75) is 62.3 Å². The third-order valence-corrected chi connectivity index (χ3v) is 14.7. The summed E-state index contributed by atoms with van der Waals surface area (Å²) >= 11 is 0. The smallest absolute Gasteiger partial charge is 0.0906 e. The Bertz CT molecular complexity index is 4170. The summed E-state index contributed by atoms with van der Waals surface area (Å²) in [7, 11) is 0. The van der Waals surface area contributed by atoms with E-state index in [4.69, 9.17) is 15.0 Å². The van der Waals surface area contributed by atoms with Crippen molar-refractivity contribution in [3.8, 4) is 79.1 Å². The SMILES string of the molecule is Cc1cc(C)c(-c2c3nc(c(-c4c(C)cc(C)cc4C)c4ccc([nH]4)c(-c4c(C)cc(C)cc4C)c4nc(c(-c5ccc(C#Cc6cc(-c7ccccn7)nc(-c7ccccn7)c6)cc5)c5ccc2[nH]5)C=C4)C=C3)c(C)c1. The largest absolute Gasteiger partial charge is 0.354 e. The van der Waals surface area contributed by atoms with Gasteiger partial charge in [-0.1, -0.05) is 89.2 Å². The molecule has 12 rings (SSSR count). The van der Waals surface area contributed by atoms with Crippen LogP contribution in [-0.2, 0) is 0 Å². The highest BCUT2D eigenvalue weighted by Gasteiger charge is 2.23. The second-order valence-corrected chi connectivity index (χ2v) is 20.7. The molecular formula is C70H57N7. The number of hydrogen-bond donors (Lipinski definition) is 2. The molecule has 4 aromatic carbocycles. The summed E-state index contributed by atoms with van der Waals surface area (Å²) in [6.07, 6.45) is 12.3. The molecule has 10 aromatic rings. The van der Waals surface area contributed by atoms with Gasteiger partial charge >= 0.3 is 0 Å². The van der Waals surface area contributed by atoms with Crippen LogP contribution in [0.3, 0.4) is 0 Å². The number of aromatic nitrogens is 7. The van der Waals surface area contributed by atoms with Gasteiger partial charge in [-0.25, -0.2) is 15.0 Å². The number of aromatic amines is 2. The first-order chi connectivity index (χ1) is 37.3. The second-order valence-electron chi connectivity index (χ2n) is 20.7. The number of nitrogens with zero attached hydrogens (tertiary/aromatic N) is 5. The van der Waals surface area contributed by atoms with E-state index < -0.39 is 0 Å². The number of pyridine rings is 3. The van der Waals surface area contributed by atoms with Gasteiger partial charge in [-0.2, -0.15) is 0 Å². The number of aryl methyl sites for hydroxylation is 9. The van der Waals surface area contributed by atoms with Gasteiger partial charge in [-0.05, 0) is 215 Å². The van der Waals surface area contributed by atoms with E-state index >= 15 is 0 Å². The van der Waals surface area contributed by atoms with Gasteiger partial charge < -0.3 is 9.97 Å². The first-order valence-electron chi connectivity index (χ1n) is 26.2. The normalized spacial score (nSPS) is 11.8. The molecule has 2 aliphatic rings. The first-order valence-corrected chi connectivity index (χ1v) is 26.2. The first kappa shape index (κ1) is 48.4. The van der Waals surface area contributed by atoms with Crippen LogP contribution in [0.25, 0.3) is 114 Å². The highest BCUT2D eigenvalue weighted by atomic mass is 14.8. The highest BCUT2D eigenvalue weighted by Crippen LogP contribution is 2.42. The Labute approximate surface area is 450 Å². The van der Waals surface area contributed by atoms with Gasteiger partial charge in [0.1, 0.15) is 0 Å². The number of fused-ring (bicyclic) bond motifs is 8. The molecule has 77 heavy (non-hydrogen) atoms. The molecule has 0 amide bonds. The maximum absolute atomic E-state index is 5.66. The summed E-state index contributed by atoms with van der Waals surface area (Å²) in [6, 6.07) is 46.7. The third kappa shape index (κ3) is 9.19. The zero-order valence-corrected chi connectivity index (χ0v) is 44.9. The fourth-order valence-corrected chi connectivity index (χ4v) is 11.8. The molecule has 8 heterocycles. The monoisotopic (exact) mass is 995 g/mol. The van der Waals surface area contributed by atoms with Gasteiger partial charge in [0.15, 0.2) is 0 Å². The molecule has 0 unspecified atom stereocenters. The van der Waals surface area contributed by atoms with Crippen molar-refractivity contribution in [3.63, 3.8) is 0 Å². The topological polar surface area (TPSA) is 96.0 Å². The molecule has 0 radical (unpaired) electrons. The van der Waals surface area contributed by atoms with Gasteiger partial charge in [0.2, 0.25) is 0 Å². The van der Waals surface area contributed by atoms with Crippen molar-refractivity contribution in [3.05, 3.63) is 230 Å². The zero-order valence-electron chi connectivity index (χ0n) is 44.9. The average molecular weight is 996 g/mol. The molecule has 0 spiro atoms. The zero-order chi connectivity index (χ0) is 53.1. The van der Waals surface area contributed by atoms with E-state index in [1.807, 2.05) is 48.5 Å². The predicted octanol–water partition coefficient (Wildman–Crippen LogP) is 17.0. The summed E-state index contributed by atoms with van der Waals surface area (Å²) in [6.45, 7) is 19.8. The lowest BCUT2D eigenvalue weighted by atomic mass is 9.92. The van der Waals surface area contributed by atoms with Crippen molar-refractivity contribution < 1.29 is 0 Å². The lowest BCUT2D eigenvalue weighted by Gasteiger charge is -2.14. The van der Waals surface area contributed by atoms with Crippen LogP contribution in [0.5, 0.6) is 0 Å². The lowest BCUT2D eigenvalue weighted by molar-refractivity contribution is 1.21. The van der Waals surface area contributed by atoms with Crippen molar-refractivity contribution in [2.24, 2.45) is 0 Å². The molecule has 0 saturated carbocycles. The van der Waals surface area contributed by atoms with E-state index in [2.05, 4.69) is 203 Å². The third-order valence-electron chi connectivity index (χ3n) is 14.7. The van der Waals surface area contributed by atoms with Crippen LogP contribution in [0.15, 0.2) is 146 Å². The molecule has 6 aromatic heterocycles. The molecule has 0 fully saturated rings. The van der Waals surface area contributed by atoms with Crippen molar-refractivity contribution in [1.29, 1.82) is 0 Å². The van der Waals surface area contributed by atoms with Crippen LogP contribution in [0.2, 0.25) is 0 Å². The Hall–Kier alpha value is -9.51. The molecule has 2 N–H and O–H groups in total. The van der Waals surface area contributed by atoms with E-state index in [0.29, 0.717) is 0 Å². The fraction of sp³-hybridized carbons (Fsp3) is 0.129. The van der Waals surface area contributed by atoms with E-state index in [1.165, 1.54) is 55.6 Å². The molecule has 0 aliphatic carbocycles. The van der Waals surface area contributed by atoms with Crippen LogP contribution >= 0.6 is 0 Å². The molecular weight excluding hydrogens is 939 g/mol. The van der Waals surface area contributed by atoms with Gasteiger partial charge in [0.05, 0.1) is 45.6 Å². The Kier molecular flexibility index (Phi) is 12.4. The van der Waals surface area contributed by atoms with Crippen LogP contribution in [0, 0.1) is 74.2 Å². The molecule has 7 nitrogen and oxygen atoms in total. The van der Waals surface area contributed by atoms with Crippen LogP contribution in [-0.4, -0.2) is 34.9 Å². The van der Waals surface area contributed by atoms with E-state index in [9.17, 15) is 0 Å². The quantitative estimate of drug-likeness (QED) is 0.162. The minimum atomic E-state index is 0.736. The lowest BCUT2D eigenvalue weighted by Crippen LogP contribution is -1.96. The van der Waals surface area contributed by atoms with E-state index in [-0.39, 0.29) is 0 Å². The van der Waals surface area contributed by atoms with Crippen LogP contribution < -0.4 is 0 Å². The Morgan fingerprint density at radius 2 is 0.662 bits per heavy atom. The van der Waals surface area contributed by atoms with Gasteiger partial charge in [-0.3, -0.25) is 9.97 Å². The van der Waals surface area contributed by atoms with Crippen molar-refractivity contribution >= 4 is 46.4 Å². The predicted molar refractivity (Wildman–Crippen MR) is 320 cm³/mol. The molecule has 0 saturated heterocycles. The van der Waals surface area contributed by atoms with Gasteiger partial charge in [-0.15, -0.1) is 0 Å². The Balaban J connectivity index is 1.12. The van der Waals surface area contributed by atoms with Crippen LogP contribution in [0.4, 0.5) is 0 Å². The van der Waals surface area contributed by atoms with Crippen molar-refractivity contribution in [2.75, 3.05) is 0 Å².